The molecule has 7 heteroatoms. The lowest BCUT2D eigenvalue weighted by Crippen LogP contribution is -2.43. The van der Waals surface area contributed by atoms with Crippen LogP contribution in [0.4, 0.5) is 18.9 Å². The van der Waals surface area contributed by atoms with Crippen LogP contribution in [-0.2, 0) is 15.7 Å². The summed E-state index contributed by atoms with van der Waals surface area (Å²) in [5.74, 6) is -0.675. The van der Waals surface area contributed by atoms with Crippen molar-refractivity contribution in [1.82, 2.24) is 0 Å². The molecule has 4 nitrogen and oxygen atoms in total. The van der Waals surface area contributed by atoms with Crippen LogP contribution >= 0.6 is 0 Å². The van der Waals surface area contributed by atoms with Gasteiger partial charge in [0.15, 0.2) is 0 Å². The van der Waals surface area contributed by atoms with Gasteiger partial charge in [-0.2, -0.15) is 13.2 Å². The highest BCUT2D eigenvalue weighted by molar-refractivity contribution is 5.97. The molecule has 1 aliphatic rings. The number of anilines is 1. The molecule has 0 spiro atoms. The number of carbonyl (C=O) groups is 1. The smallest absolute Gasteiger partial charge is 0.420 e. The molecule has 23 heavy (non-hydrogen) atoms. The van der Waals surface area contributed by atoms with Gasteiger partial charge in [-0.05, 0) is 50.8 Å². The van der Waals surface area contributed by atoms with Gasteiger partial charge in [0.25, 0.3) is 5.91 Å². The quantitative estimate of drug-likeness (QED) is 0.887. The molecule has 0 saturated heterocycles. The Morgan fingerprint density at radius 2 is 1.96 bits per heavy atom. The summed E-state index contributed by atoms with van der Waals surface area (Å²) in [6.45, 7) is 2.17. The van der Waals surface area contributed by atoms with E-state index in [-0.39, 0.29) is 11.4 Å². The fraction of sp³-hybridized carbons (Fsp3) is 0.562. The highest BCUT2D eigenvalue weighted by Gasteiger charge is 2.42. The van der Waals surface area contributed by atoms with E-state index in [1.54, 1.807) is 6.92 Å². The summed E-state index contributed by atoms with van der Waals surface area (Å²) in [5, 5.41) is 2.55. The topological polar surface area (TPSA) is 47.6 Å². The first-order chi connectivity index (χ1) is 10.8. The number of rotatable bonds is 5. The van der Waals surface area contributed by atoms with Crippen molar-refractivity contribution in [3.8, 4) is 5.75 Å². The van der Waals surface area contributed by atoms with Crippen LogP contribution in [0.15, 0.2) is 18.2 Å². The van der Waals surface area contributed by atoms with Gasteiger partial charge in [0.1, 0.15) is 11.4 Å². The van der Waals surface area contributed by atoms with Crippen molar-refractivity contribution in [2.45, 2.75) is 44.4 Å². The minimum atomic E-state index is -4.56. The van der Waals surface area contributed by atoms with E-state index in [0.29, 0.717) is 19.4 Å². The molecule has 1 aliphatic carbocycles. The molecule has 1 fully saturated rings. The second-order valence-corrected chi connectivity index (χ2v) is 5.50. The Morgan fingerprint density at radius 1 is 1.30 bits per heavy atom. The lowest BCUT2D eigenvalue weighted by Gasteiger charge is -2.27. The Hall–Kier alpha value is -1.76. The number of hydrogen-bond acceptors (Lipinski definition) is 3. The van der Waals surface area contributed by atoms with Crippen molar-refractivity contribution in [2.75, 3.05) is 19.0 Å². The predicted molar refractivity (Wildman–Crippen MR) is 79.5 cm³/mol. The van der Waals surface area contributed by atoms with Gasteiger partial charge >= 0.3 is 6.18 Å². The molecular formula is C16H20F3NO3. The molecule has 1 saturated carbocycles. The summed E-state index contributed by atoms with van der Waals surface area (Å²) in [5.41, 5.74) is -1.78. The Kier molecular flexibility index (Phi) is 5.19. The van der Waals surface area contributed by atoms with Gasteiger partial charge in [-0.15, -0.1) is 0 Å². The number of carbonyl (C=O) groups excluding carboxylic acids is 1. The highest BCUT2D eigenvalue weighted by Crippen LogP contribution is 2.39. The van der Waals surface area contributed by atoms with E-state index in [0.717, 1.165) is 18.9 Å². The SMILES string of the molecule is CCOC1(C(=O)Nc2ccc(OC)c(C(F)(F)F)c2)CCCC1. The van der Waals surface area contributed by atoms with Crippen LogP contribution in [0.5, 0.6) is 5.75 Å². The molecule has 0 aliphatic heterocycles. The van der Waals surface area contributed by atoms with Crippen molar-refractivity contribution in [3.63, 3.8) is 0 Å². The molecule has 128 valence electrons. The van der Waals surface area contributed by atoms with Crippen LogP contribution in [0.3, 0.4) is 0 Å². The van der Waals surface area contributed by atoms with E-state index >= 15 is 0 Å². The summed E-state index contributed by atoms with van der Waals surface area (Å²) >= 11 is 0. The van der Waals surface area contributed by atoms with Crippen molar-refractivity contribution < 1.29 is 27.4 Å². The van der Waals surface area contributed by atoms with Crippen LogP contribution in [-0.4, -0.2) is 25.2 Å². The third kappa shape index (κ3) is 3.77. The zero-order valence-electron chi connectivity index (χ0n) is 13.1. The second-order valence-electron chi connectivity index (χ2n) is 5.50. The summed E-state index contributed by atoms with van der Waals surface area (Å²) in [7, 11) is 1.17. The van der Waals surface area contributed by atoms with Crippen molar-refractivity contribution in [1.29, 1.82) is 0 Å². The standard InChI is InChI=1S/C16H20F3NO3/c1-3-23-15(8-4-5-9-15)14(21)20-11-6-7-13(22-2)12(10-11)16(17,18)19/h6-7,10H,3-5,8-9H2,1-2H3,(H,20,21). The van der Waals surface area contributed by atoms with Gasteiger partial charge in [-0.25, -0.2) is 0 Å². The summed E-state index contributed by atoms with van der Waals surface area (Å²) < 4.78 is 49.4. The normalized spacial score (nSPS) is 17.1. The number of nitrogens with one attached hydrogen (secondary N) is 1. The molecule has 1 aromatic carbocycles. The van der Waals surface area contributed by atoms with Gasteiger partial charge in [0, 0.05) is 12.3 Å². The van der Waals surface area contributed by atoms with E-state index < -0.39 is 23.2 Å². The molecular weight excluding hydrogens is 311 g/mol. The number of methoxy groups -OCH3 is 1. The van der Waals surface area contributed by atoms with Gasteiger partial charge in [0.05, 0.1) is 12.7 Å². The molecule has 0 heterocycles. The minimum Gasteiger partial charge on any atom is -0.496 e. The zero-order chi connectivity index (χ0) is 17.1. The van der Waals surface area contributed by atoms with Crippen molar-refractivity contribution in [3.05, 3.63) is 23.8 Å². The van der Waals surface area contributed by atoms with Crippen LogP contribution in [0, 0.1) is 0 Å². The maximum absolute atomic E-state index is 13.0. The number of ether oxygens (including phenoxy) is 2. The summed E-state index contributed by atoms with van der Waals surface area (Å²) in [4.78, 5) is 12.5. The molecule has 2 rings (SSSR count). The van der Waals surface area contributed by atoms with Crippen LogP contribution in [0.25, 0.3) is 0 Å². The Balaban J connectivity index is 2.24. The average molecular weight is 331 g/mol. The molecule has 0 unspecified atom stereocenters. The van der Waals surface area contributed by atoms with E-state index in [4.69, 9.17) is 9.47 Å². The van der Waals surface area contributed by atoms with E-state index in [1.807, 2.05) is 0 Å². The predicted octanol–water partition coefficient (Wildman–Crippen LogP) is 4.00. The van der Waals surface area contributed by atoms with Gasteiger partial charge in [-0.1, -0.05) is 0 Å². The zero-order valence-corrected chi connectivity index (χ0v) is 13.1. The minimum absolute atomic E-state index is 0.0779. The molecule has 1 aromatic rings. The first-order valence-corrected chi connectivity index (χ1v) is 7.53. The number of benzene rings is 1. The van der Waals surface area contributed by atoms with Crippen molar-refractivity contribution >= 4 is 11.6 Å². The molecule has 1 N–H and O–H groups in total. The molecule has 0 aromatic heterocycles. The number of hydrogen-bond donors (Lipinski definition) is 1. The molecule has 0 atom stereocenters. The highest BCUT2D eigenvalue weighted by atomic mass is 19.4. The Morgan fingerprint density at radius 3 is 2.48 bits per heavy atom. The van der Waals surface area contributed by atoms with Gasteiger partial charge in [-0.3, -0.25) is 4.79 Å². The lowest BCUT2D eigenvalue weighted by atomic mass is 10.0. The fourth-order valence-electron chi connectivity index (χ4n) is 2.91. The number of halogens is 3. The summed E-state index contributed by atoms with van der Waals surface area (Å²) in [6, 6.07) is 3.46. The van der Waals surface area contributed by atoms with Crippen LogP contribution < -0.4 is 10.1 Å². The second kappa shape index (κ2) is 6.78. The van der Waals surface area contributed by atoms with Crippen LogP contribution in [0.1, 0.15) is 38.2 Å². The largest absolute Gasteiger partial charge is 0.496 e. The Labute approximate surface area is 133 Å². The number of alkyl halides is 3. The average Bonchev–Trinajstić information content (AvgIpc) is 2.96. The maximum Gasteiger partial charge on any atom is 0.420 e. The van der Waals surface area contributed by atoms with Crippen molar-refractivity contribution in [2.24, 2.45) is 0 Å². The monoisotopic (exact) mass is 331 g/mol. The fourth-order valence-corrected chi connectivity index (χ4v) is 2.91. The van der Waals surface area contributed by atoms with Crippen LogP contribution in [0.2, 0.25) is 0 Å². The first-order valence-electron chi connectivity index (χ1n) is 7.53. The first kappa shape index (κ1) is 17.6. The lowest BCUT2D eigenvalue weighted by molar-refractivity contribution is -0.140. The van der Waals surface area contributed by atoms with Gasteiger partial charge in [0.2, 0.25) is 0 Å². The van der Waals surface area contributed by atoms with E-state index in [1.165, 1.54) is 19.2 Å². The van der Waals surface area contributed by atoms with E-state index in [2.05, 4.69) is 5.32 Å². The molecule has 0 bridgehead atoms. The maximum atomic E-state index is 13.0. The summed E-state index contributed by atoms with van der Waals surface area (Å²) in [6.07, 6.45) is -1.67. The Bertz CT molecular complexity index is 566. The van der Waals surface area contributed by atoms with Gasteiger partial charge < -0.3 is 14.8 Å². The van der Waals surface area contributed by atoms with E-state index in [9.17, 15) is 18.0 Å². The third-order valence-corrected chi connectivity index (χ3v) is 4.01. The molecule has 1 amide bonds. The molecule has 0 radical (unpaired) electrons. The third-order valence-electron chi connectivity index (χ3n) is 4.01. The number of amides is 1.